The van der Waals surface area contributed by atoms with Crippen LogP contribution in [-0.4, -0.2) is 45.6 Å². The number of nitrogens with zero attached hydrogens (tertiary/aromatic N) is 3. The number of benzene rings is 3. The van der Waals surface area contributed by atoms with Crippen molar-refractivity contribution in [2.75, 3.05) is 22.7 Å². The quantitative estimate of drug-likeness (QED) is 0.200. The molecule has 1 aromatic heterocycles. The highest BCUT2D eigenvalue weighted by Crippen LogP contribution is 2.41. The average molecular weight is 635 g/mol. The summed E-state index contributed by atoms with van der Waals surface area (Å²) in [5, 5.41) is 13.9. The van der Waals surface area contributed by atoms with E-state index in [1.165, 1.54) is 5.56 Å². The standard InChI is InChI=1S/C37H42N6O4/c1-23-8-11-28(12-9-23)43-34(21-33(41-43)37(2,3)4)40-35(44)38-26-7-5-6-24(17-26)16-25-18-29-13-14-30(19-25)42(29)36(45)39-27-10-15-31-32(20-27)47-22-46-31/h5-12,15,17,20-21,25,29-30H,13-14,16,18-19,22H2,1-4H3,(H,39,45)(H2,38,40,44)/t25-,29+,30-. The van der Waals surface area contributed by atoms with Crippen molar-refractivity contribution in [1.29, 1.82) is 0 Å². The number of amides is 4. The van der Waals surface area contributed by atoms with Crippen LogP contribution >= 0.6 is 0 Å². The number of rotatable bonds is 6. The van der Waals surface area contributed by atoms with Crippen LogP contribution in [0, 0.1) is 12.8 Å². The lowest BCUT2D eigenvalue weighted by Crippen LogP contribution is -2.48. The van der Waals surface area contributed by atoms with Crippen molar-refractivity contribution in [3.05, 3.63) is 89.6 Å². The normalized spacial score (nSPS) is 19.8. The molecule has 3 aliphatic heterocycles. The molecule has 0 spiro atoms. The zero-order valence-corrected chi connectivity index (χ0v) is 27.4. The summed E-state index contributed by atoms with van der Waals surface area (Å²) in [6, 6.07) is 23.6. The van der Waals surface area contributed by atoms with E-state index in [1.807, 2.05) is 67.6 Å². The zero-order chi connectivity index (χ0) is 32.7. The van der Waals surface area contributed by atoms with Crippen LogP contribution in [0.5, 0.6) is 11.5 Å². The summed E-state index contributed by atoms with van der Waals surface area (Å²) in [5.41, 5.74) is 5.37. The average Bonchev–Trinajstić information content (AvgIpc) is 3.74. The molecule has 3 N–H and O–H groups in total. The highest BCUT2D eigenvalue weighted by molar-refractivity contribution is 5.99. The molecular formula is C37H42N6O4. The molecule has 4 aromatic rings. The van der Waals surface area contributed by atoms with Gasteiger partial charge < -0.3 is 25.0 Å². The molecule has 10 nitrogen and oxygen atoms in total. The monoisotopic (exact) mass is 634 g/mol. The lowest BCUT2D eigenvalue weighted by atomic mass is 9.86. The summed E-state index contributed by atoms with van der Waals surface area (Å²) in [5.74, 6) is 2.43. The molecule has 7 rings (SSSR count). The smallest absolute Gasteiger partial charge is 0.324 e. The number of hydrogen-bond donors (Lipinski definition) is 3. The second kappa shape index (κ2) is 12.3. The first-order valence-corrected chi connectivity index (χ1v) is 16.4. The van der Waals surface area contributed by atoms with Gasteiger partial charge in [0.15, 0.2) is 11.5 Å². The minimum Gasteiger partial charge on any atom is -0.454 e. The molecule has 3 aromatic carbocycles. The largest absolute Gasteiger partial charge is 0.454 e. The third kappa shape index (κ3) is 6.63. The Bertz CT molecular complexity index is 1780. The van der Waals surface area contributed by atoms with Gasteiger partial charge in [0, 0.05) is 41.0 Å². The Balaban J connectivity index is 0.975. The van der Waals surface area contributed by atoms with Gasteiger partial charge in [-0.3, -0.25) is 5.32 Å². The number of piperidine rings is 1. The van der Waals surface area contributed by atoms with Gasteiger partial charge in [-0.15, -0.1) is 0 Å². The van der Waals surface area contributed by atoms with Gasteiger partial charge in [0.1, 0.15) is 5.82 Å². The van der Waals surface area contributed by atoms with Gasteiger partial charge in [0.25, 0.3) is 0 Å². The van der Waals surface area contributed by atoms with Gasteiger partial charge in [-0.05, 0) is 86.9 Å². The van der Waals surface area contributed by atoms with Crippen molar-refractivity contribution in [2.45, 2.75) is 77.3 Å². The number of nitrogens with one attached hydrogen (secondary N) is 3. The predicted octanol–water partition coefficient (Wildman–Crippen LogP) is 7.87. The second-order valence-corrected chi connectivity index (χ2v) is 14.0. The van der Waals surface area contributed by atoms with E-state index < -0.39 is 0 Å². The van der Waals surface area contributed by atoms with E-state index >= 15 is 0 Å². The molecule has 0 radical (unpaired) electrons. The maximum Gasteiger partial charge on any atom is 0.324 e. The Labute approximate surface area is 275 Å². The summed E-state index contributed by atoms with van der Waals surface area (Å²) in [7, 11) is 0. The molecule has 2 saturated heterocycles. The van der Waals surface area contributed by atoms with E-state index in [-0.39, 0.29) is 36.4 Å². The third-order valence-corrected chi connectivity index (χ3v) is 9.40. The Morgan fingerprint density at radius 1 is 0.851 bits per heavy atom. The molecular weight excluding hydrogens is 592 g/mol. The Morgan fingerprint density at radius 2 is 1.57 bits per heavy atom. The molecule has 47 heavy (non-hydrogen) atoms. The first-order chi connectivity index (χ1) is 22.6. The van der Waals surface area contributed by atoms with E-state index in [9.17, 15) is 9.59 Å². The lowest BCUT2D eigenvalue weighted by molar-refractivity contribution is 0.131. The van der Waals surface area contributed by atoms with Crippen LogP contribution in [0.15, 0.2) is 72.8 Å². The summed E-state index contributed by atoms with van der Waals surface area (Å²) in [4.78, 5) is 28.6. The first kappa shape index (κ1) is 30.7. The van der Waals surface area contributed by atoms with Crippen LogP contribution in [0.3, 0.4) is 0 Å². The minimum absolute atomic E-state index is 0.0506. The number of ether oxygens (including phenoxy) is 2. The number of carbonyl (C=O) groups is 2. The van der Waals surface area contributed by atoms with Gasteiger partial charge in [0.05, 0.1) is 11.4 Å². The topological polar surface area (TPSA) is 110 Å². The molecule has 4 heterocycles. The second-order valence-electron chi connectivity index (χ2n) is 14.0. The number of aromatic nitrogens is 2. The number of anilines is 3. The van der Waals surface area contributed by atoms with E-state index in [0.29, 0.717) is 28.9 Å². The van der Waals surface area contributed by atoms with Crippen LogP contribution in [0.4, 0.5) is 26.8 Å². The number of fused-ring (bicyclic) bond motifs is 3. The molecule has 0 saturated carbocycles. The fraction of sp³-hybridized carbons (Fsp3) is 0.378. The molecule has 3 aliphatic rings. The molecule has 0 aliphatic carbocycles. The minimum atomic E-state index is -0.323. The molecule has 10 heteroatoms. The molecule has 2 fully saturated rings. The maximum absolute atomic E-state index is 13.3. The number of aryl methyl sites for hydroxylation is 1. The van der Waals surface area contributed by atoms with Crippen molar-refractivity contribution in [3.63, 3.8) is 0 Å². The SMILES string of the molecule is Cc1ccc(-n2nc(C(C)(C)C)cc2NC(=O)Nc2cccc(C[C@H]3C[C@H]4CC[C@@H](C3)N4C(=O)Nc3ccc4c(c3)OCO4)c2)cc1. The van der Waals surface area contributed by atoms with E-state index in [2.05, 4.69) is 53.8 Å². The van der Waals surface area contributed by atoms with Crippen molar-refractivity contribution in [1.82, 2.24) is 14.7 Å². The zero-order valence-electron chi connectivity index (χ0n) is 27.4. The van der Waals surface area contributed by atoms with Crippen LogP contribution in [0.2, 0.25) is 0 Å². The van der Waals surface area contributed by atoms with Crippen molar-refractivity contribution < 1.29 is 19.1 Å². The summed E-state index contributed by atoms with van der Waals surface area (Å²) >= 11 is 0. The molecule has 2 bridgehead atoms. The van der Waals surface area contributed by atoms with Gasteiger partial charge in [-0.1, -0.05) is 50.6 Å². The van der Waals surface area contributed by atoms with E-state index in [0.717, 1.165) is 54.7 Å². The van der Waals surface area contributed by atoms with Gasteiger partial charge in [-0.25, -0.2) is 14.3 Å². The van der Waals surface area contributed by atoms with Crippen LogP contribution < -0.4 is 25.4 Å². The number of carbonyl (C=O) groups excluding carboxylic acids is 2. The van der Waals surface area contributed by atoms with Crippen LogP contribution in [-0.2, 0) is 11.8 Å². The van der Waals surface area contributed by atoms with Crippen molar-refractivity contribution in [3.8, 4) is 17.2 Å². The van der Waals surface area contributed by atoms with Crippen LogP contribution in [0.25, 0.3) is 5.69 Å². The molecule has 0 unspecified atom stereocenters. The van der Waals surface area contributed by atoms with E-state index in [4.69, 9.17) is 14.6 Å². The van der Waals surface area contributed by atoms with Crippen molar-refractivity contribution in [2.24, 2.45) is 5.92 Å². The number of hydrogen-bond acceptors (Lipinski definition) is 5. The van der Waals surface area contributed by atoms with Crippen molar-refractivity contribution >= 4 is 29.3 Å². The third-order valence-electron chi connectivity index (χ3n) is 9.40. The van der Waals surface area contributed by atoms with Gasteiger partial charge >= 0.3 is 12.1 Å². The Kier molecular flexibility index (Phi) is 8.03. The Morgan fingerprint density at radius 3 is 2.32 bits per heavy atom. The first-order valence-electron chi connectivity index (χ1n) is 16.4. The summed E-state index contributed by atoms with van der Waals surface area (Å²) in [6.45, 7) is 8.57. The lowest BCUT2D eigenvalue weighted by Gasteiger charge is -2.39. The highest BCUT2D eigenvalue weighted by atomic mass is 16.7. The van der Waals surface area contributed by atoms with E-state index in [1.54, 1.807) is 4.68 Å². The highest BCUT2D eigenvalue weighted by Gasteiger charge is 2.43. The summed E-state index contributed by atoms with van der Waals surface area (Å²) < 4.78 is 12.6. The predicted molar refractivity (Wildman–Crippen MR) is 183 cm³/mol. The molecule has 3 atom stereocenters. The maximum atomic E-state index is 13.3. The summed E-state index contributed by atoms with van der Waals surface area (Å²) in [6.07, 6.45) is 4.86. The fourth-order valence-electron chi connectivity index (χ4n) is 7.06. The van der Waals surface area contributed by atoms with Gasteiger partial charge in [-0.2, -0.15) is 5.10 Å². The fourth-order valence-corrected chi connectivity index (χ4v) is 7.06. The molecule has 4 amide bonds. The van der Waals surface area contributed by atoms with Gasteiger partial charge in [0.2, 0.25) is 6.79 Å². The number of urea groups is 2. The Hall–Kier alpha value is -4.99. The van der Waals surface area contributed by atoms with Crippen LogP contribution in [0.1, 0.15) is 63.3 Å². The molecule has 244 valence electrons.